The lowest BCUT2D eigenvalue weighted by atomic mass is 9.98. The van der Waals surface area contributed by atoms with Crippen molar-refractivity contribution in [2.75, 3.05) is 5.32 Å². The first-order chi connectivity index (χ1) is 15.3. The number of rotatable bonds is 5. The Labute approximate surface area is 198 Å². The van der Waals surface area contributed by atoms with Gasteiger partial charge in [0.1, 0.15) is 22.4 Å². The van der Waals surface area contributed by atoms with Gasteiger partial charge in [0.15, 0.2) is 0 Å². The van der Waals surface area contributed by atoms with Crippen molar-refractivity contribution in [1.29, 1.82) is 0 Å². The molecule has 1 fully saturated rings. The van der Waals surface area contributed by atoms with Crippen LogP contribution in [0.5, 0.6) is 0 Å². The lowest BCUT2D eigenvalue weighted by Crippen LogP contribution is -2.28. The standard InChI is InChI=1S/C22H21Cl2N3O4S/c1-12-18-20(32-19(12)22(30)31-16-5-3-2-4-6-16)25-11-27(21(18)29)10-17(28)26-15-8-13(23)7-14(24)9-15/h7-9,11,16H,2-6,10H2,1H3,(H,26,28). The van der Waals surface area contributed by atoms with Crippen molar-refractivity contribution in [2.24, 2.45) is 0 Å². The minimum absolute atomic E-state index is 0.0748. The zero-order valence-corrected chi connectivity index (χ0v) is 19.6. The maximum atomic E-state index is 13.0. The van der Waals surface area contributed by atoms with E-state index < -0.39 is 11.9 Å². The fourth-order valence-corrected chi connectivity index (χ4v) is 5.38. The molecule has 1 aliphatic carbocycles. The van der Waals surface area contributed by atoms with E-state index >= 15 is 0 Å². The molecule has 0 saturated heterocycles. The zero-order chi connectivity index (χ0) is 22.8. The van der Waals surface area contributed by atoms with Crippen molar-refractivity contribution in [3.63, 3.8) is 0 Å². The molecule has 1 amide bonds. The van der Waals surface area contributed by atoms with Crippen LogP contribution in [0.4, 0.5) is 5.69 Å². The summed E-state index contributed by atoms with van der Waals surface area (Å²) < 4.78 is 6.87. The fraction of sp³-hybridized carbons (Fsp3) is 0.364. The van der Waals surface area contributed by atoms with Gasteiger partial charge in [-0.25, -0.2) is 9.78 Å². The molecule has 32 heavy (non-hydrogen) atoms. The van der Waals surface area contributed by atoms with Crippen molar-refractivity contribution in [2.45, 2.75) is 51.7 Å². The van der Waals surface area contributed by atoms with E-state index in [0.29, 0.717) is 36.4 Å². The summed E-state index contributed by atoms with van der Waals surface area (Å²) in [7, 11) is 0. The molecule has 0 radical (unpaired) electrons. The van der Waals surface area contributed by atoms with Crippen LogP contribution in [-0.2, 0) is 16.1 Å². The Kier molecular flexibility index (Phi) is 6.83. The van der Waals surface area contributed by atoms with E-state index in [0.717, 1.165) is 43.4 Å². The number of carbonyl (C=O) groups is 2. The number of nitrogens with zero attached hydrogens (tertiary/aromatic N) is 2. The summed E-state index contributed by atoms with van der Waals surface area (Å²) in [6.07, 6.45) is 6.24. The van der Waals surface area contributed by atoms with E-state index in [1.165, 1.54) is 10.9 Å². The van der Waals surface area contributed by atoms with Crippen molar-refractivity contribution in [3.8, 4) is 0 Å². The van der Waals surface area contributed by atoms with Gasteiger partial charge < -0.3 is 10.1 Å². The van der Waals surface area contributed by atoms with Gasteiger partial charge >= 0.3 is 5.97 Å². The number of anilines is 1. The van der Waals surface area contributed by atoms with Gasteiger partial charge in [0.05, 0.1) is 11.7 Å². The van der Waals surface area contributed by atoms with Crippen LogP contribution in [0, 0.1) is 6.92 Å². The maximum absolute atomic E-state index is 13.0. The molecule has 7 nitrogen and oxygen atoms in total. The Morgan fingerprint density at radius 2 is 1.88 bits per heavy atom. The van der Waals surface area contributed by atoms with Gasteiger partial charge in [-0.2, -0.15) is 0 Å². The van der Waals surface area contributed by atoms with Crippen molar-refractivity contribution >= 4 is 62.3 Å². The van der Waals surface area contributed by atoms with Crippen LogP contribution in [0.2, 0.25) is 10.0 Å². The molecule has 0 unspecified atom stereocenters. The molecule has 2 heterocycles. The molecular formula is C22H21Cl2N3O4S. The summed E-state index contributed by atoms with van der Waals surface area (Å²) in [5, 5.41) is 3.76. The Hall–Kier alpha value is -2.42. The Morgan fingerprint density at radius 3 is 2.56 bits per heavy atom. The third-order valence-electron chi connectivity index (χ3n) is 5.39. The number of hydrogen-bond donors (Lipinski definition) is 1. The van der Waals surface area contributed by atoms with Crippen molar-refractivity contribution in [3.05, 3.63) is 55.4 Å². The van der Waals surface area contributed by atoms with Crippen molar-refractivity contribution in [1.82, 2.24) is 9.55 Å². The largest absolute Gasteiger partial charge is 0.458 e. The molecule has 4 rings (SSSR count). The van der Waals surface area contributed by atoms with Gasteiger partial charge in [-0.05, 0) is 56.4 Å². The normalized spacial score (nSPS) is 14.5. The topological polar surface area (TPSA) is 90.3 Å². The molecule has 0 aliphatic heterocycles. The minimum atomic E-state index is -0.434. The summed E-state index contributed by atoms with van der Waals surface area (Å²) in [4.78, 5) is 43.3. The van der Waals surface area contributed by atoms with E-state index in [1.807, 2.05) is 0 Å². The number of halogens is 2. The van der Waals surface area contributed by atoms with E-state index in [2.05, 4.69) is 10.3 Å². The summed E-state index contributed by atoms with van der Waals surface area (Å²) in [6.45, 7) is 1.46. The fourth-order valence-electron chi connectivity index (χ4n) is 3.84. The number of fused-ring (bicyclic) bond motifs is 1. The average molecular weight is 494 g/mol. The maximum Gasteiger partial charge on any atom is 0.348 e. The van der Waals surface area contributed by atoms with E-state index in [-0.39, 0.29) is 18.2 Å². The summed E-state index contributed by atoms with van der Waals surface area (Å²) in [5.74, 6) is -0.852. The number of esters is 1. The van der Waals surface area contributed by atoms with Gasteiger partial charge in [0, 0.05) is 15.7 Å². The van der Waals surface area contributed by atoms with Gasteiger partial charge in [0.25, 0.3) is 5.56 Å². The first-order valence-electron chi connectivity index (χ1n) is 10.3. The smallest absolute Gasteiger partial charge is 0.348 e. The highest BCUT2D eigenvalue weighted by Crippen LogP contribution is 2.29. The number of aryl methyl sites for hydroxylation is 1. The molecule has 1 aromatic carbocycles. The van der Waals surface area contributed by atoms with E-state index in [4.69, 9.17) is 27.9 Å². The Balaban J connectivity index is 1.54. The predicted molar refractivity (Wildman–Crippen MR) is 126 cm³/mol. The van der Waals surface area contributed by atoms with Crippen LogP contribution in [0.15, 0.2) is 29.3 Å². The average Bonchev–Trinajstić information content (AvgIpc) is 3.07. The van der Waals surface area contributed by atoms with Gasteiger partial charge in [0.2, 0.25) is 5.91 Å². The van der Waals surface area contributed by atoms with Crippen molar-refractivity contribution < 1.29 is 14.3 Å². The second-order valence-electron chi connectivity index (χ2n) is 7.79. The summed E-state index contributed by atoms with van der Waals surface area (Å²) in [6, 6.07) is 4.67. The second kappa shape index (κ2) is 9.60. The molecule has 0 atom stereocenters. The number of ether oxygens (including phenoxy) is 1. The number of carbonyl (C=O) groups excluding carboxylic acids is 2. The quantitative estimate of drug-likeness (QED) is 0.493. The molecule has 2 aromatic heterocycles. The molecule has 1 N–H and O–H groups in total. The van der Waals surface area contributed by atoms with Crippen LogP contribution in [-0.4, -0.2) is 27.5 Å². The van der Waals surface area contributed by atoms with Gasteiger partial charge in [-0.3, -0.25) is 14.2 Å². The van der Waals surface area contributed by atoms with E-state index in [9.17, 15) is 14.4 Å². The zero-order valence-electron chi connectivity index (χ0n) is 17.3. The lowest BCUT2D eigenvalue weighted by molar-refractivity contribution is -0.116. The highest BCUT2D eigenvalue weighted by Gasteiger charge is 2.24. The molecular weight excluding hydrogens is 473 g/mol. The van der Waals surface area contributed by atoms with Gasteiger partial charge in [-0.1, -0.05) is 29.6 Å². The van der Waals surface area contributed by atoms with E-state index in [1.54, 1.807) is 25.1 Å². The first kappa shape index (κ1) is 22.8. The number of amides is 1. The number of nitrogens with one attached hydrogen (secondary N) is 1. The molecule has 3 aromatic rings. The monoisotopic (exact) mass is 493 g/mol. The molecule has 168 valence electrons. The highest BCUT2D eigenvalue weighted by molar-refractivity contribution is 7.20. The lowest BCUT2D eigenvalue weighted by Gasteiger charge is -2.21. The Morgan fingerprint density at radius 1 is 1.19 bits per heavy atom. The van der Waals surface area contributed by atoms with Crippen LogP contribution >= 0.6 is 34.5 Å². The summed E-state index contributed by atoms with van der Waals surface area (Å²) in [5.41, 5.74) is 0.563. The SMILES string of the molecule is Cc1c(C(=O)OC2CCCCC2)sc2ncn(CC(=O)Nc3cc(Cl)cc(Cl)c3)c(=O)c12. The van der Waals surface area contributed by atoms with Crippen LogP contribution in [0.1, 0.15) is 47.3 Å². The number of aromatic nitrogens is 2. The summed E-state index contributed by atoms with van der Waals surface area (Å²) >= 11 is 13.0. The predicted octanol–water partition coefficient (Wildman–Crippen LogP) is 5.20. The molecule has 1 saturated carbocycles. The van der Waals surface area contributed by atoms with Gasteiger partial charge in [-0.15, -0.1) is 11.3 Å². The van der Waals surface area contributed by atoms with Crippen LogP contribution < -0.4 is 10.9 Å². The molecule has 1 aliphatic rings. The first-order valence-corrected chi connectivity index (χ1v) is 11.8. The van der Waals surface area contributed by atoms with Crippen LogP contribution in [0.3, 0.4) is 0 Å². The number of hydrogen-bond acceptors (Lipinski definition) is 6. The third-order valence-corrected chi connectivity index (χ3v) is 7.01. The highest BCUT2D eigenvalue weighted by atomic mass is 35.5. The van der Waals surface area contributed by atoms with Crippen LogP contribution in [0.25, 0.3) is 10.2 Å². The second-order valence-corrected chi connectivity index (χ2v) is 9.66. The minimum Gasteiger partial charge on any atom is -0.458 e. The third kappa shape index (κ3) is 4.98. The molecule has 0 bridgehead atoms. The molecule has 0 spiro atoms. The number of thiophene rings is 1. The number of benzene rings is 1. The molecule has 10 heteroatoms. The Bertz CT molecular complexity index is 1230.